The minimum absolute atomic E-state index is 0.204. The summed E-state index contributed by atoms with van der Waals surface area (Å²) < 4.78 is 48.2. The van der Waals surface area contributed by atoms with Gasteiger partial charge in [-0.3, -0.25) is 0 Å². The Morgan fingerprint density at radius 1 is 1.14 bits per heavy atom. The Hall–Kier alpha value is -4.60. The molecule has 0 radical (unpaired) electrons. The van der Waals surface area contributed by atoms with Crippen LogP contribution in [-0.2, 0) is 12.6 Å². The molecule has 0 atom stereocenters. The van der Waals surface area contributed by atoms with Crippen LogP contribution in [-0.4, -0.2) is 26.1 Å². The Morgan fingerprint density at radius 2 is 1.95 bits per heavy atom. The Kier molecular flexibility index (Phi) is 6.39. The summed E-state index contributed by atoms with van der Waals surface area (Å²) >= 11 is 0. The first-order valence-electron chi connectivity index (χ1n) is 11.4. The van der Waals surface area contributed by atoms with E-state index in [2.05, 4.69) is 32.2 Å². The van der Waals surface area contributed by atoms with Crippen LogP contribution in [0.25, 0.3) is 11.8 Å². The molecule has 1 aliphatic rings. The van der Waals surface area contributed by atoms with Crippen molar-refractivity contribution in [2.75, 3.05) is 17.2 Å². The van der Waals surface area contributed by atoms with Gasteiger partial charge < -0.3 is 19.9 Å². The molecule has 3 heterocycles. The average molecular weight is 505 g/mol. The van der Waals surface area contributed by atoms with Crippen LogP contribution in [0.5, 0.6) is 11.6 Å². The predicted molar refractivity (Wildman–Crippen MR) is 136 cm³/mol. The third kappa shape index (κ3) is 5.64. The summed E-state index contributed by atoms with van der Waals surface area (Å²) in [6.45, 7) is 6.48. The summed E-state index contributed by atoms with van der Waals surface area (Å²) in [5.41, 5.74) is 2.89. The van der Waals surface area contributed by atoms with E-state index in [9.17, 15) is 13.2 Å². The third-order valence-electron chi connectivity index (χ3n) is 5.64. The molecule has 2 aromatic carbocycles. The zero-order chi connectivity index (χ0) is 26.0. The number of anilines is 2. The first-order valence-corrected chi connectivity index (χ1v) is 11.4. The van der Waals surface area contributed by atoms with Crippen LogP contribution in [0, 0.1) is 6.92 Å². The van der Waals surface area contributed by atoms with Gasteiger partial charge in [0.25, 0.3) is 0 Å². The molecule has 5 rings (SSSR count). The van der Waals surface area contributed by atoms with Crippen LogP contribution in [0.2, 0.25) is 0 Å². The quantitative estimate of drug-likeness (QED) is 0.304. The highest BCUT2D eigenvalue weighted by Crippen LogP contribution is 2.33. The van der Waals surface area contributed by atoms with E-state index in [0.717, 1.165) is 23.4 Å². The van der Waals surface area contributed by atoms with E-state index >= 15 is 0 Å². The molecule has 10 heteroatoms. The Bertz CT molecular complexity index is 1470. The molecule has 4 aromatic rings. The maximum absolute atomic E-state index is 13.6. The number of ether oxygens (including phenoxy) is 1. The highest BCUT2D eigenvalue weighted by Gasteiger charge is 2.31. The maximum atomic E-state index is 13.6. The largest absolute Gasteiger partial charge is 0.438 e. The second-order valence-corrected chi connectivity index (χ2v) is 8.56. The summed E-state index contributed by atoms with van der Waals surface area (Å²) in [6, 6.07) is 11.1. The molecule has 0 amide bonds. The van der Waals surface area contributed by atoms with Gasteiger partial charge >= 0.3 is 6.18 Å². The lowest BCUT2D eigenvalue weighted by molar-refractivity contribution is -0.137. The van der Waals surface area contributed by atoms with Gasteiger partial charge in [-0.2, -0.15) is 13.2 Å². The van der Waals surface area contributed by atoms with Gasteiger partial charge in [0.2, 0.25) is 5.88 Å². The normalized spacial score (nSPS) is 12.5. The van der Waals surface area contributed by atoms with E-state index < -0.39 is 11.7 Å². The molecule has 0 spiro atoms. The number of allylic oxidation sites excluding steroid dienone is 1. The molecule has 0 fully saturated rings. The summed E-state index contributed by atoms with van der Waals surface area (Å²) in [4.78, 5) is 12.5. The smallest absolute Gasteiger partial charge is 0.416 e. The summed E-state index contributed by atoms with van der Waals surface area (Å²) in [6.07, 6.45) is 4.22. The lowest BCUT2D eigenvalue weighted by atomic mass is 10.0. The standard InChI is InChI=1S/C27H23F3N6O/c1-17(10-19-11-20(27(28,29)30)13-22(12-19)36-14-18(2)34-16-36)35-21-5-7-23(8-6-21)37-26-24-4-3-9-31-25(24)32-15-33-26/h3-8,11-16,35H,1,9-10H2,2H3,(H,31,32,33). The van der Waals surface area contributed by atoms with Gasteiger partial charge in [-0.25, -0.2) is 15.0 Å². The SMILES string of the molecule is C=C(Cc1cc(-n2cnc(C)c2)cc(C(F)(F)F)c1)Nc1ccc(Oc2ncnc3c2C=CCN3)cc1. The number of nitrogens with zero attached hydrogens (tertiary/aromatic N) is 4. The van der Waals surface area contributed by atoms with Crippen LogP contribution < -0.4 is 15.4 Å². The predicted octanol–water partition coefficient (Wildman–Crippen LogP) is 6.39. The van der Waals surface area contributed by atoms with Crippen LogP contribution in [0.3, 0.4) is 0 Å². The summed E-state index contributed by atoms with van der Waals surface area (Å²) in [7, 11) is 0. The fourth-order valence-corrected chi connectivity index (χ4v) is 3.95. The van der Waals surface area contributed by atoms with Gasteiger partial charge in [-0.15, -0.1) is 0 Å². The fraction of sp³-hybridized carbons (Fsp3) is 0.148. The van der Waals surface area contributed by atoms with E-state index in [0.29, 0.717) is 46.6 Å². The molecule has 0 unspecified atom stereocenters. The Morgan fingerprint density at radius 3 is 2.68 bits per heavy atom. The van der Waals surface area contributed by atoms with E-state index in [1.807, 2.05) is 12.2 Å². The summed E-state index contributed by atoms with van der Waals surface area (Å²) in [5, 5.41) is 6.32. The number of fused-ring (bicyclic) bond motifs is 1. The van der Waals surface area contributed by atoms with Crippen LogP contribution in [0.15, 0.2) is 79.7 Å². The zero-order valence-electron chi connectivity index (χ0n) is 19.9. The van der Waals surface area contributed by atoms with Gasteiger partial charge in [-0.05, 0) is 61.0 Å². The average Bonchev–Trinajstić information content (AvgIpc) is 3.31. The zero-order valence-corrected chi connectivity index (χ0v) is 19.9. The Balaban J connectivity index is 1.28. The number of aryl methyl sites for hydroxylation is 1. The Labute approximate surface area is 211 Å². The van der Waals surface area contributed by atoms with Crippen molar-refractivity contribution in [2.45, 2.75) is 19.5 Å². The lowest BCUT2D eigenvalue weighted by Crippen LogP contribution is -2.09. The van der Waals surface area contributed by atoms with E-state index in [1.165, 1.54) is 12.7 Å². The minimum Gasteiger partial charge on any atom is -0.438 e. The first kappa shape index (κ1) is 24.1. The highest BCUT2D eigenvalue weighted by molar-refractivity contribution is 5.70. The van der Waals surface area contributed by atoms with Gasteiger partial charge in [0, 0.05) is 36.2 Å². The second kappa shape index (κ2) is 9.81. The number of hydrogen-bond donors (Lipinski definition) is 2. The number of rotatable bonds is 7. The molecular formula is C27H23F3N6O. The van der Waals surface area contributed by atoms with E-state index in [1.54, 1.807) is 48.0 Å². The molecule has 1 aliphatic heterocycles. The number of hydrogen-bond acceptors (Lipinski definition) is 6. The number of halogens is 3. The van der Waals surface area contributed by atoms with Crippen LogP contribution in [0.1, 0.15) is 22.4 Å². The topological polar surface area (TPSA) is 76.9 Å². The third-order valence-corrected chi connectivity index (χ3v) is 5.64. The molecule has 37 heavy (non-hydrogen) atoms. The fourth-order valence-electron chi connectivity index (χ4n) is 3.95. The second-order valence-electron chi connectivity index (χ2n) is 8.56. The molecule has 0 saturated carbocycles. The van der Waals surface area contributed by atoms with Gasteiger partial charge in [0.15, 0.2) is 0 Å². The lowest BCUT2D eigenvalue weighted by Gasteiger charge is -2.16. The number of benzene rings is 2. The van der Waals surface area contributed by atoms with Crippen molar-refractivity contribution in [1.29, 1.82) is 0 Å². The van der Waals surface area contributed by atoms with Crippen molar-refractivity contribution in [3.05, 3.63) is 102 Å². The van der Waals surface area contributed by atoms with Gasteiger partial charge in [-0.1, -0.05) is 12.7 Å². The molecule has 7 nitrogen and oxygen atoms in total. The maximum Gasteiger partial charge on any atom is 0.416 e. The molecule has 0 bridgehead atoms. The van der Waals surface area contributed by atoms with E-state index in [-0.39, 0.29) is 6.42 Å². The first-order chi connectivity index (χ1) is 17.7. The van der Waals surface area contributed by atoms with Gasteiger partial charge in [0.05, 0.1) is 23.1 Å². The molecule has 188 valence electrons. The van der Waals surface area contributed by atoms with Crippen molar-refractivity contribution < 1.29 is 17.9 Å². The van der Waals surface area contributed by atoms with Crippen molar-refractivity contribution in [3.8, 4) is 17.3 Å². The number of alkyl halides is 3. The van der Waals surface area contributed by atoms with Crippen molar-refractivity contribution >= 4 is 17.6 Å². The van der Waals surface area contributed by atoms with Crippen LogP contribution in [0.4, 0.5) is 24.7 Å². The molecule has 2 aromatic heterocycles. The van der Waals surface area contributed by atoms with Crippen LogP contribution >= 0.6 is 0 Å². The molecule has 0 aliphatic carbocycles. The van der Waals surface area contributed by atoms with Crippen molar-refractivity contribution in [3.63, 3.8) is 0 Å². The van der Waals surface area contributed by atoms with Crippen molar-refractivity contribution in [1.82, 2.24) is 19.5 Å². The molecular weight excluding hydrogens is 481 g/mol. The number of aromatic nitrogens is 4. The minimum atomic E-state index is -4.47. The van der Waals surface area contributed by atoms with Crippen molar-refractivity contribution in [2.24, 2.45) is 0 Å². The molecule has 2 N–H and O–H groups in total. The van der Waals surface area contributed by atoms with E-state index in [4.69, 9.17) is 4.74 Å². The number of nitrogens with one attached hydrogen (secondary N) is 2. The highest BCUT2D eigenvalue weighted by atomic mass is 19.4. The summed E-state index contributed by atoms with van der Waals surface area (Å²) in [5.74, 6) is 1.73. The molecule has 0 saturated heterocycles. The van der Waals surface area contributed by atoms with Gasteiger partial charge in [0.1, 0.15) is 17.9 Å². The monoisotopic (exact) mass is 504 g/mol. The number of imidazole rings is 1.